The molecule has 20 heavy (non-hydrogen) atoms. The number of hydrogen-bond acceptors (Lipinski definition) is 3. The molecule has 4 nitrogen and oxygen atoms in total. The number of carbonyl (C=O) groups excluding carboxylic acids is 1. The zero-order valence-corrected chi connectivity index (χ0v) is 12.1. The second-order valence-corrected chi connectivity index (χ2v) is 5.90. The maximum atomic E-state index is 12.2. The minimum absolute atomic E-state index is 0.0210. The SMILES string of the molecule is CC(C)(CCO)NC(=O)Nc1ccc(SC(F)F)cc1. The molecule has 112 valence electrons. The van der Waals surface area contributed by atoms with E-state index >= 15 is 0 Å². The summed E-state index contributed by atoms with van der Waals surface area (Å²) in [5.41, 5.74) is -0.00877. The summed E-state index contributed by atoms with van der Waals surface area (Å²) in [5.74, 6) is -2.46. The van der Waals surface area contributed by atoms with Crippen molar-refractivity contribution in [1.82, 2.24) is 5.32 Å². The molecule has 0 unspecified atom stereocenters. The number of amides is 2. The van der Waals surface area contributed by atoms with Crippen molar-refractivity contribution >= 4 is 23.5 Å². The second kappa shape index (κ2) is 7.44. The Morgan fingerprint density at radius 2 is 1.95 bits per heavy atom. The van der Waals surface area contributed by atoms with Gasteiger partial charge in [0, 0.05) is 22.7 Å². The van der Waals surface area contributed by atoms with Crippen molar-refractivity contribution in [3.8, 4) is 0 Å². The molecule has 0 saturated heterocycles. The fourth-order valence-corrected chi connectivity index (χ4v) is 2.03. The minimum Gasteiger partial charge on any atom is -0.396 e. The Hall–Kier alpha value is -1.34. The lowest BCUT2D eigenvalue weighted by atomic mass is 10.0. The molecule has 0 aliphatic heterocycles. The zero-order chi connectivity index (χ0) is 15.2. The number of hydrogen-bond donors (Lipinski definition) is 3. The van der Waals surface area contributed by atoms with E-state index < -0.39 is 17.3 Å². The minimum atomic E-state index is -2.46. The average molecular weight is 304 g/mol. The van der Waals surface area contributed by atoms with Gasteiger partial charge in [0.15, 0.2) is 0 Å². The monoisotopic (exact) mass is 304 g/mol. The van der Waals surface area contributed by atoms with Crippen LogP contribution in [-0.4, -0.2) is 29.0 Å². The van der Waals surface area contributed by atoms with Crippen LogP contribution in [0.25, 0.3) is 0 Å². The lowest BCUT2D eigenvalue weighted by Crippen LogP contribution is -2.46. The second-order valence-electron chi connectivity index (χ2n) is 4.84. The van der Waals surface area contributed by atoms with Gasteiger partial charge in [-0.25, -0.2) is 4.79 Å². The summed E-state index contributed by atoms with van der Waals surface area (Å²) < 4.78 is 24.3. The van der Waals surface area contributed by atoms with Gasteiger partial charge in [0.25, 0.3) is 5.76 Å². The first-order valence-corrected chi connectivity index (χ1v) is 6.95. The lowest BCUT2D eigenvalue weighted by Gasteiger charge is -2.25. The van der Waals surface area contributed by atoms with Crippen LogP contribution in [0.1, 0.15) is 20.3 Å². The Balaban J connectivity index is 2.54. The van der Waals surface area contributed by atoms with Gasteiger partial charge in [-0.05, 0) is 44.5 Å². The highest BCUT2D eigenvalue weighted by Gasteiger charge is 2.19. The van der Waals surface area contributed by atoms with Crippen LogP contribution in [0.4, 0.5) is 19.3 Å². The van der Waals surface area contributed by atoms with Gasteiger partial charge in [0.2, 0.25) is 0 Å². The summed E-state index contributed by atoms with van der Waals surface area (Å²) in [6, 6.07) is 5.75. The smallest absolute Gasteiger partial charge is 0.319 e. The van der Waals surface area contributed by atoms with E-state index in [1.807, 2.05) is 0 Å². The first-order chi connectivity index (χ1) is 9.32. The van der Waals surface area contributed by atoms with Crippen molar-refractivity contribution in [2.45, 2.75) is 36.5 Å². The fourth-order valence-electron chi connectivity index (χ4n) is 1.53. The highest BCUT2D eigenvalue weighted by atomic mass is 32.2. The van der Waals surface area contributed by atoms with Crippen molar-refractivity contribution in [2.24, 2.45) is 0 Å². The van der Waals surface area contributed by atoms with E-state index in [0.29, 0.717) is 28.8 Å². The molecular weight excluding hydrogens is 286 g/mol. The van der Waals surface area contributed by atoms with E-state index in [-0.39, 0.29) is 6.61 Å². The third kappa shape index (κ3) is 6.21. The quantitative estimate of drug-likeness (QED) is 0.707. The number of anilines is 1. The molecule has 1 aromatic carbocycles. The Bertz CT molecular complexity index is 439. The maximum absolute atomic E-state index is 12.2. The number of benzene rings is 1. The topological polar surface area (TPSA) is 61.4 Å². The van der Waals surface area contributed by atoms with Crippen LogP contribution in [0.15, 0.2) is 29.2 Å². The zero-order valence-electron chi connectivity index (χ0n) is 11.3. The molecule has 0 radical (unpaired) electrons. The molecule has 0 atom stereocenters. The van der Waals surface area contributed by atoms with Crippen LogP contribution < -0.4 is 10.6 Å². The number of nitrogens with one attached hydrogen (secondary N) is 2. The van der Waals surface area contributed by atoms with Crippen LogP contribution in [0.2, 0.25) is 0 Å². The Morgan fingerprint density at radius 1 is 1.35 bits per heavy atom. The van der Waals surface area contributed by atoms with E-state index in [9.17, 15) is 13.6 Å². The standard InChI is InChI=1S/C13H18F2N2O2S/c1-13(2,7-8-18)17-12(19)16-9-3-5-10(6-4-9)20-11(14)15/h3-6,11,18H,7-8H2,1-2H3,(H2,16,17,19). The highest BCUT2D eigenvalue weighted by molar-refractivity contribution is 7.99. The fraction of sp³-hybridized carbons (Fsp3) is 0.462. The van der Waals surface area contributed by atoms with Crippen molar-refractivity contribution in [2.75, 3.05) is 11.9 Å². The van der Waals surface area contributed by atoms with E-state index in [0.717, 1.165) is 0 Å². The number of carbonyl (C=O) groups is 1. The molecular formula is C13H18F2N2O2S. The Morgan fingerprint density at radius 3 is 2.45 bits per heavy atom. The van der Waals surface area contributed by atoms with Gasteiger partial charge in [0.1, 0.15) is 0 Å². The molecule has 0 heterocycles. The molecule has 1 aromatic rings. The summed E-state index contributed by atoms with van der Waals surface area (Å²) in [7, 11) is 0. The van der Waals surface area contributed by atoms with Crippen molar-refractivity contribution in [3.63, 3.8) is 0 Å². The number of alkyl halides is 2. The molecule has 0 fully saturated rings. The Labute approximate surface area is 120 Å². The van der Waals surface area contributed by atoms with Gasteiger partial charge in [-0.2, -0.15) is 8.78 Å². The number of urea groups is 1. The van der Waals surface area contributed by atoms with Crippen LogP contribution in [0, 0.1) is 0 Å². The summed E-state index contributed by atoms with van der Waals surface area (Å²) in [6.07, 6.45) is 0.435. The number of halogens is 2. The van der Waals surface area contributed by atoms with Crippen molar-refractivity contribution in [1.29, 1.82) is 0 Å². The maximum Gasteiger partial charge on any atom is 0.319 e. The van der Waals surface area contributed by atoms with E-state index in [4.69, 9.17) is 5.11 Å². The van der Waals surface area contributed by atoms with Crippen LogP contribution in [0.5, 0.6) is 0 Å². The van der Waals surface area contributed by atoms with Crippen LogP contribution in [0.3, 0.4) is 0 Å². The van der Waals surface area contributed by atoms with Gasteiger partial charge in [-0.1, -0.05) is 11.8 Å². The number of thioether (sulfide) groups is 1. The first kappa shape index (κ1) is 16.7. The summed E-state index contributed by atoms with van der Waals surface area (Å²) >= 11 is 0.453. The summed E-state index contributed by atoms with van der Waals surface area (Å²) in [5, 5.41) is 14.2. The Kier molecular flexibility index (Phi) is 6.22. The molecule has 0 aliphatic rings. The number of aliphatic hydroxyl groups is 1. The van der Waals surface area contributed by atoms with Crippen LogP contribution in [-0.2, 0) is 0 Å². The average Bonchev–Trinajstić information content (AvgIpc) is 2.29. The van der Waals surface area contributed by atoms with Gasteiger partial charge in [-0.3, -0.25) is 0 Å². The first-order valence-electron chi connectivity index (χ1n) is 6.07. The lowest BCUT2D eigenvalue weighted by molar-refractivity contribution is 0.218. The van der Waals surface area contributed by atoms with E-state index in [2.05, 4.69) is 10.6 Å². The predicted octanol–water partition coefficient (Wildman–Crippen LogP) is 3.28. The molecule has 0 saturated carbocycles. The van der Waals surface area contributed by atoms with Gasteiger partial charge in [-0.15, -0.1) is 0 Å². The third-order valence-electron chi connectivity index (χ3n) is 2.53. The molecule has 3 N–H and O–H groups in total. The molecule has 2 amide bonds. The van der Waals surface area contributed by atoms with Gasteiger partial charge in [0.05, 0.1) is 0 Å². The van der Waals surface area contributed by atoms with E-state index in [1.54, 1.807) is 26.0 Å². The summed E-state index contributed by atoms with van der Waals surface area (Å²) in [4.78, 5) is 12.2. The normalized spacial score (nSPS) is 11.5. The molecule has 0 spiro atoms. The molecule has 0 aromatic heterocycles. The van der Waals surface area contributed by atoms with Gasteiger partial charge < -0.3 is 15.7 Å². The number of aliphatic hydroxyl groups excluding tert-OH is 1. The van der Waals surface area contributed by atoms with E-state index in [1.165, 1.54) is 12.1 Å². The predicted molar refractivity (Wildman–Crippen MR) is 76.2 cm³/mol. The number of rotatable bonds is 6. The van der Waals surface area contributed by atoms with Crippen LogP contribution >= 0.6 is 11.8 Å². The molecule has 1 rings (SSSR count). The summed E-state index contributed by atoms with van der Waals surface area (Å²) in [6.45, 7) is 3.57. The highest BCUT2D eigenvalue weighted by Crippen LogP contribution is 2.26. The molecule has 7 heteroatoms. The molecule has 0 aliphatic carbocycles. The van der Waals surface area contributed by atoms with Crippen molar-refractivity contribution < 1.29 is 18.7 Å². The largest absolute Gasteiger partial charge is 0.396 e. The molecule has 0 bridgehead atoms. The van der Waals surface area contributed by atoms with Crippen molar-refractivity contribution in [3.05, 3.63) is 24.3 Å². The third-order valence-corrected chi connectivity index (χ3v) is 3.25. The van der Waals surface area contributed by atoms with Gasteiger partial charge >= 0.3 is 6.03 Å².